The number of pyridine rings is 1. The summed E-state index contributed by atoms with van der Waals surface area (Å²) in [6.07, 6.45) is 6.60. The molecule has 0 atom stereocenters. The number of carbonyl (C=O) groups is 1. The van der Waals surface area contributed by atoms with Crippen molar-refractivity contribution in [2.24, 2.45) is 0 Å². The Hall–Kier alpha value is -3.33. The molecular formula is C20H23N7O2. The first-order chi connectivity index (χ1) is 14.1. The number of aromatic nitrogens is 5. The number of amides is 1. The number of nitrogens with one attached hydrogen (secondary N) is 1. The second-order valence-electron chi connectivity index (χ2n) is 6.82. The van der Waals surface area contributed by atoms with E-state index in [1.807, 2.05) is 24.5 Å². The Kier molecular flexibility index (Phi) is 5.48. The number of hydrogen-bond donors (Lipinski definition) is 1. The van der Waals surface area contributed by atoms with Gasteiger partial charge in [-0.05, 0) is 26.0 Å². The Labute approximate surface area is 168 Å². The summed E-state index contributed by atoms with van der Waals surface area (Å²) in [5.74, 6) is 2.07. The van der Waals surface area contributed by atoms with E-state index in [2.05, 4.69) is 30.2 Å². The van der Waals surface area contributed by atoms with E-state index in [0.717, 1.165) is 41.7 Å². The van der Waals surface area contributed by atoms with Crippen LogP contribution in [0.3, 0.4) is 0 Å². The number of aryl methyl sites for hydroxylation is 1. The Bertz CT molecular complexity index is 980. The van der Waals surface area contributed by atoms with Crippen LogP contribution in [-0.2, 0) is 16.1 Å². The first-order valence-electron chi connectivity index (χ1n) is 9.50. The van der Waals surface area contributed by atoms with Crippen LogP contribution in [0.2, 0.25) is 0 Å². The lowest BCUT2D eigenvalue weighted by atomic mass is 10.2. The second kappa shape index (κ2) is 8.36. The second-order valence-corrected chi connectivity index (χ2v) is 6.82. The number of nitrogens with zero attached hydrogens (tertiary/aromatic N) is 6. The predicted octanol–water partition coefficient (Wildman–Crippen LogP) is 1.83. The van der Waals surface area contributed by atoms with E-state index < -0.39 is 0 Å². The van der Waals surface area contributed by atoms with Crippen LogP contribution in [0.25, 0.3) is 11.3 Å². The molecule has 1 saturated heterocycles. The van der Waals surface area contributed by atoms with Crippen LogP contribution in [0.1, 0.15) is 11.5 Å². The number of ether oxygens (including phenoxy) is 1. The fourth-order valence-corrected chi connectivity index (χ4v) is 3.36. The van der Waals surface area contributed by atoms with Crippen molar-refractivity contribution in [2.75, 3.05) is 36.5 Å². The van der Waals surface area contributed by atoms with Crippen molar-refractivity contribution in [3.63, 3.8) is 0 Å². The molecule has 3 aromatic heterocycles. The van der Waals surface area contributed by atoms with Gasteiger partial charge in [-0.3, -0.25) is 14.8 Å². The Morgan fingerprint density at radius 2 is 1.97 bits per heavy atom. The molecule has 4 heterocycles. The lowest BCUT2D eigenvalue weighted by molar-refractivity contribution is -0.116. The normalized spacial score (nSPS) is 14.1. The third-order valence-electron chi connectivity index (χ3n) is 4.89. The van der Waals surface area contributed by atoms with Gasteiger partial charge in [-0.2, -0.15) is 0 Å². The molecule has 1 fully saturated rings. The number of carbonyl (C=O) groups excluding carboxylic acids is 1. The smallest absolute Gasteiger partial charge is 0.245 e. The van der Waals surface area contributed by atoms with E-state index in [9.17, 15) is 4.79 Å². The van der Waals surface area contributed by atoms with Gasteiger partial charge >= 0.3 is 0 Å². The van der Waals surface area contributed by atoms with Gasteiger partial charge in [0.05, 0.1) is 30.8 Å². The van der Waals surface area contributed by atoms with Crippen molar-refractivity contribution >= 4 is 17.5 Å². The summed E-state index contributed by atoms with van der Waals surface area (Å²) in [7, 11) is 0. The molecule has 1 aliphatic rings. The summed E-state index contributed by atoms with van der Waals surface area (Å²) in [4.78, 5) is 32.0. The quantitative estimate of drug-likeness (QED) is 0.706. The van der Waals surface area contributed by atoms with Gasteiger partial charge in [0.15, 0.2) is 0 Å². The molecule has 0 saturated carbocycles. The van der Waals surface area contributed by atoms with Gasteiger partial charge in [-0.25, -0.2) is 9.97 Å². The third-order valence-corrected chi connectivity index (χ3v) is 4.89. The standard InChI is InChI=1S/C20H23N7O2/c1-14-20(26-7-9-29-10-8-26)24-15(2)27(14)13-19(28)25-18-4-3-16(11-23-18)17-12-21-5-6-22-17/h3-6,11-12H,7-10,13H2,1-2H3,(H,23,25,28). The first kappa shape index (κ1) is 19.0. The van der Waals surface area contributed by atoms with Gasteiger partial charge < -0.3 is 19.5 Å². The zero-order valence-electron chi connectivity index (χ0n) is 16.5. The summed E-state index contributed by atoms with van der Waals surface area (Å²) in [6, 6.07) is 3.62. The summed E-state index contributed by atoms with van der Waals surface area (Å²) < 4.78 is 7.34. The molecule has 3 aromatic rings. The molecule has 150 valence electrons. The highest BCUT2D eigenvalue weighted by atomic mass is 16.5. The number of hydrogen-bond acceptors (Lipinski definition) is 7. The van der Waals surface area contributed by atoms with Crippen LogP contribution >= 0.6 is 0 Å². The van der Waals surface area contributed by atoms with E-state index in [-0.39, 0.29) is 12.5 Å². The highest BCUT2D eigenvalue weighted by Gasteiger charge is 2.20. The highest BCUT2D eigenvalue weighted by molar-refractivity contribution is 5.89. The van der Waals surface area contributed by atoms with Crippen LogP contribution in [0.15, 0.2) is 36.9 Å². The summed E-state index contributed by atoms with van der Waals surface area (Å²) >= 11 is 0. The minimum atomic E-state index is -0.151. The number of rotatable bonds is 5. The maximum absolute atomic E-state index is 12.6. The zero-order chi connectivity index (χ0) is 20.2. The lowest BCUT2D eigenvalue weighted by Gasteiger charge is -2.27. The molecule has 0 spiro atoms. The monoisotopic (exact) mass is 393 g/mol. The van der Waals surface area contributed by atoms with Gasteiger partial charge in [0.1, 0.15) is 24.0 Å². The molecular weight excluding hydrogens is 370 g/mol. The molecule has 9 heteroatoms. The summed E-state index contributed by atoms with van der Waals surface area (Å²) in [6.45, 7) is 7.11. The SMILES string of the molecule is Cc1nc(N2CCOCC2)c(C)n1CC(=O)Nc1ccc(-c2cnccn2)cn1. The van der Waals surface area contributed by atoms with Gasteiger partial charge in [-0.1, -0.05) is 0 Å². The topological polar surface area (TPSA) is 98.1 Å². The molecule has 1 aliphatic heterocycles. The molecule has 1 amide bonds. The molecule has 0 unspecified atom stereocenters. The molecule has 0 aromatic carbocycles. The molecule has 0 radical (unpaired) electrons. The maximum atomic E-state index is 12.6. The summed E-state index contributed by atoms with van der Waals surface area (Å²) in [5, 5.41) is 2.84. The van der Waals surface area contributed by atoms with Gasteiger partial charge in [0.2, 0.25) is 5.91 Å². The van der Waals surface area contributed by atoms with Crippen LogP contribution in [-0.4, -0.2) is 56.7 Å². The lowest BCUT2D eigenvalue weighted by Crippen LogP contribution is -2.37. The molecule has 29 heavy (non-hydrogen) atoms. The van der Waals surface area contributed by atoms with Crippen LogP contribution in [0.4, 0.5) is 11.6 Å². The van der Waals surface area contributed by atoms with Crippen molar-refractivity contribution < 1.29 is 9.53 Å². The Morgan fingerprint density at radius 1 is 1.14 bits per heavy atom. The van der Waals surface area contributed by atoms with Gasteiger partial charge in [0, 0.05) is 37.2 Å². The predicted molar refractivity (Wildman–Crippen MR) is 109 cm³/mol. The van der Waals surface area contributed by atoms with Crippen molar-refractivity contribution in [3.8, 4) is 11.3 Å². The van der Waals surface area contributed by atoms with Gasteiger partial charge in [-0.15, -0.1) is 0 Å². The van der Waals surface area contributed by atoms with Crippen LogP contribution < -0.4 is 10.2 Å². The third kappa shape index (κ3) is 4.24. The first-order valence-corrected chi connectivity index (χ1v) is 9.50. The maximum Gasteiger partial charge on any atom is 0.245 e. The van der Waals surface area contributed by atoms with Gasteiger partial charge in [0.25, 0.3) is 0 Å². The fourth-order valence-electron chi connectivity index (χ4n) is 3.36. The van der Waals surface area contributed by atoms with Crippen LogP contribution in [0.5, 0.6) is 0 Å². The van der Waals surface area contributed by atoms with Crippen molar-refractivity contribution in [2.45, 2.75) is 20.4 Å². The molecule has 0 bridgehead atoms. The minimum absolute atomic E-state index is 0.151. The Morgan fingerprint density at radius 3 is 2.66 bits per heavy atom. The van der Waals surface area contributed by atoms with E-state index in [1.165, 1.54) is 0 Å². The van der Waals surface area contributed by atoms with Crippen molar-refractivity contribution in [1.29, 1.82) is 0 Å². The number of anilines is 2. The number of imidazole rings is 1. The number of morpholine rings is 1. The van der Waals surface area contributed by atoms with E-state index in [1.54, 1.807) is 30.9 Å². The largest absolute Gasteiger partial charge is 0.378 e. The van der Waals surface area contributed by atoms with E-state index in [0.29, 0.717) is 19.0 Å². The molecule has 4 rings (SSSR count). The molecule has 9 nitrogen and oxygen atoms in total. The average Bonchev–Trinajstić information content (AvgIpc) is 3.04. The fraction of sp³-hybridized carbons (Fsp3) is 0.350. The highest BCUT2D eigenvalue weighted by Crippen LogP contribution is 2.22. The van der Waals surface area contributed by atoms with Crippen molar-refractivity contribution in [3.05, 3.63) is 48.4 Å². The van der Waals surface area contributed by atoms with Crippen molar-refractivity contribution in [1.82, 2.24) is 24.5 Å². The average molecular weight is 393 g/mol. The van der Waals surface area contributed by atoms with E-state index >= 15 is 0 Å². The molecule has 1 N–H and O–H groups in total. The molecule has 0 aliphatic carbocycles. The zero-order valence-corrected chi connectivity index (χ0v) is 16.5. The minimum Gasteiger partial charge on any atom is -0.378 e. The summed E-state index contributed by atoms with van der Waals surface area (Å²) in [5.41, 5.74) is 2.55. The van der Waals surface area contributed by atoms with Crippen LogP contribution in [0, 0.1) is 13.8 Å². The Balaban J connectivity index is 1.43. The van der Waals surface area contributed by atoms with E-state index in [4.69, 9.17) is 4.74 Å².